The van der Waals surface area contributed by atoms with Gasteiger partial charge < -0.3 is 34.7 Å². The molecular weight excluding hydrogens is 647 g/mol. The lowest BCUT2D eigenvalue weighted by Crippen LogP contribution is -2.45. The molecule has 0 unspecified atom stereocenters. The van der Waals surface area contributed by atoms with Crippen molar-refractivity contribution in [3.05, 3.63) is 97.6 Å². The first-order chi connectivity index (χ1) is 21.6. The Labute approximate surface area is 275 Å². The van der Waals surface area contributed by atoms with Crippen LogP contribution in [-0.4, -0.2) is 49.9 Å². The van der Waals surface area contributed by atoms with Gasteiger partial charge in [-0.3, -0.25) is 5.43 Å². The average Bonchev–Trinajstić information content (AvgIpc) is 3.00. The fourth-order valence-electron chi connectivity index (χ4n) is 4.41. The van der Waals surface area contributed by atoms with E-state index in [1.807, 2.05) is 18.2 Å². The molecule has 0 saturated carbocycles. The zero-order chi connectivity index (χ0) is 32.5. The summed E-state index contributed by atoms with van der Waals surface area (Å²) in [6.07, 6.45) is 0.184. The molecule has 0 spiro atoms. The molecule has 0 aliphatic carbocycles. The molecule has 238 valence electrons. The van der Waals surface area contributed by atoms with Crippen LogP contribution in [0.1, 0.15) is 36.6 Å². The molecule has 0 aromatic heterocycles. The summed E-state index contributed by atoms with van der Waals surface area (Å²) < 4.78 is 22.4. The third kappa shape index (κ3) is 8.73. The van der Waals surface area contributed by atoms with Crippen LogP contribution in [0.25, 0.3) is 0 Å². The molecule has 3 aromatic carbocycles. The van der Waals surface area contributed by atoms with Crippen molar-refractivity contribution in [1.82, 2.24) is 16.1 Å². The number of halogens is 3. The molecule has 1 heterocycles. The third-order valence-electron chi connectivity index (χ3n) is 6.47. The van der Waals surface area contributed by atoms with Crippen LogP contribution < -0.4 is 30.3 Å². The fraction of sp³-hybridized carbons (Fsp3) is 0.258. The van der Waals surface area contributed by atoms with Gasteiger partial charge in [0.15, 0.2) is 17.7 Å². The third-order valence-corrected chi connectivity index (χ3v) is 7.33. The van der Waals surface area contributed by atoms with Gasteiger partial charge in [0.05, 0.1) is 36.6 Å². The van der Waals surface area contributed by atoms with Gasteiger partial charge >= 0.3 is 12.0 Å². The number of ether oxygens (including phenoxy) is 4. The predicted octanol–water partition coefficient (Wildman–Crippen LogP) is 5.75. The molecule has 45 heavy (non-hydrogen) atoms. The maximum absolute atomic E-state index is 12.5. The van der Waals surface area contributed by atoms with Crippen LogP contribution in [0.4, 0.5) is 4.79 Å². The highest BCUT2D eigenvalue weighted by Gasteiger charge is 2.32. The number of urea groups is 1. The molecule has 1 aliphatic heterocycles. The number of rotatable bonds is 13. The van der Waals surface area contributed by atoms with Gasteiger partial charge in [0.25, 0.3) is 0 Å². The second-order valence-corrected chi connectivity index (χ2v) is 10.9. The maximum Gasteiger partial charge on any atom is 0.337 e. The number of hydrogen-bond acceptors (Lipinski definition) is 9. The molecule has 0 bridgehead atoms. The second-order valence-electron chi connectivity index (χ2n) is 9.60. The molecule has 3 aromatic rings. The Hall–Kier alpha value is -4.16. The van der Waals surface area contributed by atoms with Gasteiger partial charge in [0.2, 0.25) is 0 Å². The molecular formula is C31H31Cl3N4O7. The lowest BCUT2D eigenvalue weighted by atomic mass is 9.95. The first kappa shape index (κ1) is 33.7. The minimum atomic E-state index is -1.22. The topological polar surface area (TPSA) is 140 Å². The van der Waals surface area contributed by atoms with E-state index in [4.69, 9.17) is 53.8 Å². The summed E-state index contributed by atoms with van der Waals surface area (Å²) in [6.45, 7) is 3.68. The summed E-state index contributed by atoms with van der Waals surface area (Å²) >= 11 is 18.8. The zero-order valence-electron chi connectivity index (χ0n) is 24.5. The van der Waals surface area contributed by atoms with Crippen LogP contribution >= 0.6 is 34.8 Å². The van der Waals surface area contributed by atoms with E-state index in [0.717, 1.165) is 5.56 Å². The van der Waals surface area contributed by atoms with E-state index < -0.39 is 24.3 Å². The number of allylic oxidation sites excluding steroid dienone is 1. The number of carbonyl (C=O) groups is 2. The van der Waals surface area contributed by atoms with Crippen molar-refractivity contribution < 1.29 is 33.6 Å². The van der Waals surface area contributed by atoms with E-state index in [0.29, 0.717) is 50.7 Å². The van der Waals surface area contributed by atoms with Gasteiger partial charge in [0.1, 0.15) is 19.0 Å². The molecule has 0 radical (unpaired) electrons. The van der Waals surface area contributed by atoms with Crippen molar-refractivity contribution in [3.63, 3.8) is 0 Å². The molecule has 0 saturated heterocycles. The Bertz CT molecular complexity index is 1620. The standard InChI is InChI=1S/C31H31Cl3N4O7/c1-4-43-25-12-18(28-27(30(40)42-3)17(2)36-31(41)37-28)9-10-24(25)44-16-26(39)38-35-14-20-11-21(32)13-23(34)29(20)45-15-19-7-5-6-8-22(19)33/h5-14,26,28,38-39H,4,15-16H2,1-3H3,(H2,36,37,41)/b35-14+/t26-,28+/m0/s1. The summed E-state index contributed by atoms with van der Waals surface area (Å²) in [5.74, 6) is 0.415. The van der Waals surface area contributed by atoms with Crippen molar-refractivity contribution in [1.29, 1.82) is 0 Å². The van der Waals surface area contributed by atoms with Crippen LogP contribution in [0.3, 0.4) is 0 Å². The molecule has 2 amide bonds. The fourth-order valence-corrected chi connectivity index (χ4v) is 5.16. The number of benzene rings is 3. The van der Waals surface area contributed by atoms with E-state index in [1.165, 1.54) is 13.3 Å². The van der Waals surface area contributed by atoms with Crippen LogP contribution in [0.5, 0.6) is 17.2 Å². The highest BCUT2D eigenvalue weighted by molar-refractivity contribution is 6.36. The van der Waals surface area contributed by atoms with Gasteiger partial charge in [-0.1, -0.05) is 59.1 Å². The quantitative estimate of drug-likeness (QED) is 0.0777. The number of esters is 1. The number of amides is 2. The van der Waals surface area contributed by atoms with Gasteiger partial charge in [-0.25, -0.2) is 9.59 Å². The molecule has 4 rings (SSSR count). The number of aliphatic hydroxyl groups is 1. The first-order valence-electron chi connectivity index (χ1n) is 13.7. The smallest absolute Gasteiger partial charge is 0.337 e. The lowest BCUT2D eigenvalue weighted by Gasteiger charge is -2.28. The maximum atomic E-state index is 12.5. The number of nitrogens with zero attached hydrogens (tertiary/aromatic N) is 1. The summed E-state index contributed by atoms with van der Waals surface area (Å²) in [4.78, 5) is 24.6. The second kappa shape index (κ2) is 15.7. The monoisotopic (exact) mass is 676 g/mol. The number of nitrogens with one attached hydrogen (secondary N) is 3. The average molecular weight is 678 g/mol. The minimum Gasteiger partial charge on any atom is -0.490 e. The Morgan fingerprint density at radius 2 is 1.84 bits per heavy atom. The Balaban J connectivity index is 1.43. The van der Waals surface area contributed by atoms with Gasteiger partial charge in [-0.2, -0.15) is 5.10 Å². The van der Waals surface area contributed by atoms with Crippen molar-refractivity contribution in [3.8, 4) is 17.2 Å². The van der Waals surface area contributed by atoms with E-state index >= 15 is 0 Å². The van der Waals surface area contributed by atoms with Crippen LogP contribution in [-0.2, 0) is 16.1 Å². The summed E-state index contributed by atoms with van der Waals surface area (Å²) in [6, 6.07) is 14.1. The molecule has 4 N–H and O–H groups in total. The molecule has 2 atom stereocenters. The molecule has 11 nitrogen and oxygen atoms in total. The number of hydrazone groups is 1. The van der Waals surface area contributed by atoms with Crippen LogP contribution in [0, 0.1) is 0 Å². The van der Waals surface area contributed by atoms with E-state index in [-0.39, 0.29) is 23.8 Å². The summed E-state index contributed by atoms with van der Waals surface area (Å²) in [5, 5.41) is 21.1. The number of hydrogen-bond donors (Lipinski definition) is 4. The molecule has 1 aliphatic rings. The van der Waals surface area contributed by atoms with Crippen molar-refractivity contribution in [2.24, 2.45) is 5.10 Å². The number of methoxy groups -OCH3 is 1. The highest BCUT2D eigenvalue weighted by Crippen LogP contribution is 2.35. The lowest BCUT2D eigenvalue weighted by molar-refractivity contribution is -0.136. The number of carbonyl (C=O) groups excluding carboxylic acids is 2. The first-order valence-corrected chi connectivity index (χ1v) is 14.8. The Morgan fingerprint density at radius 1 is 1.07 bits per heavy atom. The van der Waals surface area contributed by atoms with E-state index in [1.54, 1.807) is 50.2 Å². The highest BCUT2D eigenvalue weighted by atomic mass is 35.5. The summed E-state index contributed by atoms with van der Waals surface area (Å²) in [7, 11) is 1.27. The normalized spacial score (nSPS) is 15.3. The molecule has 0 fully saturated rings. The zero-order valence-corrected chi connectivity index (χ0v) is 26.8. The van der Waals surface area contributed by atoms with E-state index in [9.17, 15) is 14.7 Å². The minimum absolute atomic E-state index is 0.163. The number of aliphatic hydroxyl groups excluding tert-OH is 1. The SMILES string of the molecule is CCOc1cc([C@H]2NC(=O)NC(C)=C2C(=O)OC)ccc1OC[C@H](O)N/N=C/c1cc(Cl)cc(Cl)c1OCc1ccccc1Cl. The van der Waals surface area contributed by atoms with Gasteiger partial charge in [0, 0.05) is 26.9 Å². The summed E-state index contributed by atoms with van der Waals surface area (Å²) in [5.41, 5.74) is 5.02. The predicted molar refractivity (Wildman–Crippen MR) is 171 cm³/mol. The molecule has 14 heteroatoms. The van der Waals surface area contributed by atoms with Crippen molar-refractivity contribution >= 4 is 53.0 Å². The van der Waals surface area contributed by atoms with Crippen molar-refractivity contribution in [2.75, 3.05) is 20.3 Å². The largest absolute Gasteiger partial charge is 0.490 e. The van der Waals surface area contributed by atoms with Gasteiger partial charge in [-0.05, 0) is 49.7 Å². The van der Waals surface area contributed by atoms with E-state index in [2.05, 4.69) is 21.2 Å². The van der Waals surface area contributed by atoms with Crippen molar-refractivity contribution in [2.45, 2.75) is 32.7 Å². The van der Waals surface area contributed by atoms with Gasteiger partial charge in [-0.15, -0.1) is 0 Å². The van der Waals surface area contributed by atoms with Crippen LogP contribution in [0.2, 0.25) is 15.1 Å². The Kier molecular flexibility index (Phi) is 11.8. The Morgan fingerprint density at radius 3 is 2.58 bits per heavy atom. The van der Waals surface area contributed by atoms with Crippen LogP contribution in [0.15, 0.2) is 71.0 Å².